The van der Waals surface area contributed by atoms with E-state index < -0.39 is 6.29 Å². The highest BCUT2D eigenvalue weighted by atomic mass is 17.1. The summed E-state index contributed by atoms with van der Waals surface area (Å²) in [5, 5.41) is 19.3. The molecule has 0 heterocycles. The smallest absolute Gasteiger partial charge is 0.148 e. The Bertz CT molecular complexity index is 391. The Balaban J connectivity index is 3.16. The Hall–Kier alpha value is -0.440. The first kappa shape index (κ1) is 35.6. The van der Waals surface area contributed by atoms with Crippen molar-refractivity contribution >= 4 is 0 Å². The van der Waals surface area contributed by atoms with Gasteiger partial charge in [-0.15, -0.1) is 0 Å². The van der Waals surface area contributed by atoms with Crippen LogP contribution in [0.25, 0.3) is 0 Å². The Kier molecular flexibility index (Phi) is 32.2. The fourth-order valence-electron chi connectivity index (χ4n) is 2.98. The van der Waals surface area contributed by atoms with Crippen LogP contribution in [0.15, 0.2) is 0 Å². The number of hydrogen-bond donors (Lipinski definition) is 1. The summed E-state index contributed by atoms with van der Waals surface area (Å²) < 4.78 is 42.9. The van der Waals surface area contributed by atoms with Crippen LogP contribution in [-0.4, -0.2) is 117 Å². The zero-order chi connectivity index (χ0) is 26.2. The van der Waals surface area contributed by atoms with Crippen LogP contribution < -0.4 is 5.26 Å². The minimum atomic E-state index is -0.696. The minimum absolute atomic E-state index is 0.0249. The highest BCUT2D eigenvalue weighted by Gasteiger charge is 2.05. The van der Waals surface area contributed by atoms with E-state index in [9.17, 15) is 5.26 Å². The molecule has 218 valence electrons. The third-order valence-corrected chi connectivity index (χ3v) is 4.90. The molecule has 0 aliphatic carbocycles. The van der Waals surface area contributed by atoms with Crippen molar-refractivity contribution in [1.82, 2.24) is 0 Å². The molecule has 36 heavy (non-hydrogen) atoms. The second kappa shape index (κ2) is 32.6. The molecule has 0 fully saturated rings. The average molecular weight is 528 g/mol. The van der Waals surface area contributed by atoms with Crippen LogP contribution in [-0.2, 0) is 42.8 Å². The van der Waals surface area contributed by atoms with Gasteiger partial charge in [0.05, 0.1) is 106 Å². The second-order valence-electron chi connectivity index (χ2n) is 7.96. The minimum Gasteiger partial charge on any atom is -0.721 e. The molecule has 0 aliphatic rings. The van der Waals surface area contributed by atoms with Gasteiger partial charge in [0, 0.05) is 0 Å². The molecule has 1 N–H and O–H groups in total. The van der Waals surface area contributed by atoms with Gasteiger partial charge in [-0.25, -0.2) is 0 Å². The molecule has 0 spiro atoms. The van der Waals surface area contributed by atoms with Crippen molar-refractivity contribution in [2.75, 3.05) is 106 Å². The van der Waals surface area contributed by atoms with E-state index in [1.807, 2.05) is 0 Å². The van der Waals surface area contributed by atoms with E-state index in [0.717, 1.165) is 12.8 Å². The topological polar surface area (TPSA) is 126 Å². The van der Waals surface area contributed by atoms with Crippen LogP contribution in [0.2, 0.25) is 0 Å². The molecule has 1 atom stereocenters. The molecule has 0 amide bonds. The summed E-state index contributed by atoms with van der Waals surface area (Å²) in [4.78, 5) is 4.13. The van der Waals surface area contributed by atoms with Crippen LogP contribution >= 0.6 is 0 Å². The van der Waals surface area contributed by atoms with Crippen LogP contribution in [0.1, 0.15) is 51.9 Å². The summed E-state index contributed by atoms with van der Waals surface area (Å²) in [7, 11) is 0. The molecule has 0 aromatic rings. The molecule has 0 rings (SSSR count). The molecule has 11 heteroatoms. The molecule has 0 aromatic carbocycles. The maximum Gasteiger partial charge on any atom is 0.148 e. The van der Waals surface area contributed by atoms with Gasteiger partial charge in [0.25, 0.3) is 0 Å². The predicted molar refractivity (Wildman–Crippen MR) is 132 cm³/mol. The molecule has 11 nitrogen and oxygen atoms in total. The lowest BCUT2D eigenvalue weighted by molar-refractivity contribution is -0.718. The van der Waals surface area contributed by atoms with Crippen LogP contribution in [0.4, 0.5) is 0 Å². The van der Waals surface area contributed by atoms with E-state index in [0.29, 0.717) is 106 Å². The van der Waals surface area contributed by atoms with Crippen molar-refractivity contribution in [1.29, 1.82) is 0 Å². The van der Waals surface area contributed by atoms with E-state index in [1.54, 1.807) is 0 Å². The summed E-state index contributed by atoms with van der Waals surface area (Å²) in [5.41, 5.74) is 0. The van der Waals surface area contributed by atoms with E-state index in [1.165, 1.54) is 25.7 Å². The first-order valence-corrected chi connectivity index (χ1v) is 13.4. The molecule has 0 saturated carbocycles. The van der Waals surface area contributed by atoms with Gasteiger partial charge in [0.15, 0.2) is 0 Å². The van der Waals surface area contributed by atoms with Crippen molar-refractivity contribution in [2.24, 2.45) is 0 Å². The van der Waals surface area contributed by atoms with Crippen molar-refractivity contribution in [3.8, 4) is 0 Å². The standard InChI is InChI=1S/C25H52O11/c1-2-3-4-5-6-7-8-25(36-27)35-24-23-34-22-21-33-20-19-32-18-17-31-16-15-30-14-13-29-12-11-28-10-9-26/h25-27H,2-24H2,1H3/p-1. The molecule has 0 radical (unpaired) electrons. The molecular weight excluding hydrogens is 476 g/mol. The predicted octanol–water partition coefficient (Wildman–Crippen LogP) is 1.48. The monoisotopic (exact) mass is 527 g/mol. The van der Waals surface area contributed by atoms with Gasteiger partial charge in [-0.1, -0.05) is 39.0 Å². The Morgan fingerprint density at radius 3 is 1.25 bits per heavy atom. The Morgan fingerprint density at radius 1 is 0.500 bits per heavy atom. The molecule has 0 aliphatic heterocycles. The summed E-state index contributed by atoms with van der Waals surface area (Å²) >= 11 is 0. The number of ether oxygens (including phenoxy) is 8. The first-order valence-electron chi connectivity index (χ1n) is 13.4. The van der Waals surface area contributed by atoms with Gasteiger partial charge in [0.1, 0.15) is 6.29 Å². The zero-order valence-corrected chi connectivity index (χ0v) is 22.4. The maximum absolute atomic E-state index is 10.7. The average Bonchev–Trinajstić information content (AvgIpc) is 2.89. The SMILES string of the molecule is CCCCCCCCC(O[O-])OCCOCCOCCOCCOCCOCCOCCOCCO. The number of rotatable bonds is 32. The first-order chi connectivity index (χ1) is 17.8. The molecule has 0 bridgehead atoms. The quantitative estimate of drug-likeness (QED) is 0.0591. The number of aliphatic hydroxyl groups is 1. The van der Waals surface area contributed by atoms with Crippen LogP contribution in [0.5, 0.6) is 0 Å². The fourth-order valence-corrected chi connectivity index (χ4v) is 2.98. The summed E-state index contributed by atoms with van der Waals surface area (Å²) in [6.45, 7) is 9.13. The Morgan fingerprint density at radius 2 is 0.861 bits per heavy atom. The van der Waals surface area contributed by atoms with E-state index >= 15 is 0 Å². The Labute approximate surface area is 217 Å². The number of aliphatic hydroxyl groups excluding tert-OH is 1. The van der Waals surface area contributed by atoms with Crippen molar-refractivity contribution in [2.45, 2.75) is 58.2 Å². The third-order valence-electron chi connectivity index (χ3n) is 4.90. The molecule has 0 saturated heterocycles. The van der Waals surface area contributed by atoms with Crippen molar-refractivity contribution in [3.63, 3.8) is 0 Å². The lowest BCUT2D eigenvalue weighted by atomic mass is 10.1. The largest absolute Gasteiger partial charge is 0.721 e. The maximum atomic E-state index is 10.7. The van der Waals surface area contributed by atoms with E-state index in [4.69, 9.17) is 43.0 Å². The van der Waals surface area contributed by atoms with Crippen LogP contribution in [0, 0.1) is 0 Å². The number of hydrogen-bond acceptors (Lipinski definition) is 11. The molecule has 1 unspecified atom stereocenters. The van der Waals surface area contributed by atoms with Crippen molar-refractivity contribution in [3.05, 3.63) is 0 Å². The van der Waals surface area contributed by atoms with Gasteiger partial charge >= 0.3 is 0 Å². The molecule has 0 aromatic heterocycles. The number of unbranched alkanes of at least 4 members (excludes halogenated alkanes) is 5. The third kappa shape index (κ3) is 29.8. The lowest BCUT2D eigenvalue weighted by Crippen LogP contribution is -2.25. The summed E-state index contributed by atoms with van der Waals surface area (Å²) in [6, 6.07) is 0. The second-order valence-corrected chi connectivity index (χ2v) is 7.96. The normalized spacial score (nSPS) is 12.4. The van der Waals surface area contributed by atoms with Gasteiger partial charge < -0.3 is 53.1 Å². The van der Waals surface area contributed by atoms with E-state index in [-0.39, 0.29) is 6.61 Å². The van der Waals surface area contributed by atoms with E-state index in [2.05, 4.69) is 11.8 Å². The van der Waals surface area contributed by atoms with Gasteiger partial charge in [-0.3, -0.25) is 0 Å². The van der Waals surface area contributed by atoms with Gasteiger partial charge in [-0.2, -0.15) is 0 Å². The summed E-state index contributed by atoms with van der Waals surface area (Å²) in [6.07, 6.45) is 6.90. The van der Waals surface area contributed by atoms with Crippen molar-refractivity contribution < 1.29 is 53.1 Å². The molecular formula is C25H51O11-. The highest BCUT2D eigenvalue weighted by Crippen LogP contribution is 2.10. The summed E-state index contributed by atoms with van der Waals surface area (Å²) in [5.74, 6) is 0. The fraction of sp³-hybridized carbons (Fsp3) is 1.00. The van der Waals surface area contributed by atoms with Crippen LogP contribution in [0.3, 0.4) is 0 Å². The van der Waals surface area contributed by atoms with Gasteiger partial charge in [-0.05, 0) is 12.8 Å². The zero-order valence-electron chi connectivity index (χ0n) is 22.4. The highest BCUT2D eigenvalue weighted by molar-refractivity contribution is 4.48. The lowest BCUT2D eigenvalue weighted by Gasteiger charge is -2.21. The van der Waals surface area contributed by atoms with Gasteiger partial charge in [0.2, 0.25) is 0 Å².